The average molecular weight is 296 g/mol. The first-order valence-corrected chi connectivity index (χ1v) is 9.62. The highest BCUT2D eigenvalue weighted by Crippen LogP contribution is 2.11. The summed E-state index contributed by atoms with van der Waals surface area (Å²) >= 11 is 0. The van der Waals surface area contributed by atoms with E-state index in [1.54, 1.807) is 0 Å². The minimum atomic E-state index is 0.538. The standard InChI is InChI=1S/C20H41N/c1-5-8-10-12-14-16-18-21(20(4)7-3)19-17-15-13-11-9-6-2/h7,20H,3,5-6,8-19H2,1-2,4H3. The summed E-state index contributed by atoms with van der Waals surface area (Å²) in [7, 11) is 0. The smallest absolute Gasteiger partial charge is 0.0247 e. The fraction of sp³-hybridized carbons (Fsp3) is 0.900. The predicted octanol–water partition coefficient (Wildman–Crippen LogP) is 6.58. The number of hydrogen-bond acceptors (Lipinski definition) is 1. The fourth-order valence-corrected chi connectivity index (χ4v) is 2.86. The van der Waals surface area contributed by atoms with Crippen LogP contribution in [-0.4, -0.2) is 24.0 Å². The molecule has 0 aliphatic rings. The highest BCUT2D eigenvalue weighted by atomic mass is 15.1. The molecule has 0 spiro atoms. The van der Waals surface area contributed by atoms with E-state index in [4.69, 9.17) is 0 Å². The number of rotatable bonds is 16. The molecule has 21 heavy (non-hydrogen) atoms. The number of hydrogen-bond donors (Lipinski definition) is 0. The van der Waals surface area contributed by atoms with Gasteiger partial charge >= 0.3 is 0 Å². The molecule has 0 amide bonds. The van der Waals surface area contributed by atoms with Gasteiger partial charge in [-0.3, -0.25) is 4.90 Å². The number of nitrogens with zero attached hydrogens (tertiary/aromatic N) is 1. The summed E-state index contributed by atoms with van der Waals surface area (Å²) in [4.78, 5) is 2.63. The minimum Gasteiger partial charge on any atom is -0.297 e. The van der Waals surface area contributed by atoms with E-state index in [1.165, 1.54) is 90.1 Å². The Bertz CT molecular complexity index is 196. The van der Waals surface area contributed by atoms with Gasteiger partial charge in [-0.2, -0.15) is 0 Å². The van der Waals surface area contributed by atoms with Crippen molar-refractivity contribution in [1.29, 1.82) is 0 Å². The van der Waals surface area contributed by atoms with E-state index < -0.39 is 0 Å². The van der Waals surface area contributed by atoms with Crippen LogP contribution >= 0.6 is 0 Å². The molecule has 0 aliphatic heterocycles. The van der Waals surface area contributed by atoms with Crippen LogP contribution in [0.1, 0.15) is 97.8 Å². The van der Waals surface area contributed by atoms with Crippen molar-refractivity contribution >= 4 is 0 Å². The molecule has 1 atom stereocenters. The van der Waals surface area contributed by atoms with Crippen molar-refractivity contribution in [2.45, 2.75) is 104 Å². The largest absolute Gasteiger partial charge is 0.297 e. The summed E-state index contributed by atoms with van der Waals surface area (Å²) in [6.45, 7) is 13.4. The Balaban J connectivity index is 3.70. The first-order valence-electron chi connectivity index (χ1n) is 9.62. The van der Waals surface area contributed by atoms with E-state index in [0.717, 1.165) is 0 Å². The van der Waals surface area contributed by atoms with Crippen LogP contribution in [0.3, 0.4) is 0 Å². The summed E-state index contributed by atoms with van der Waals surface area (Å²) in [6.07, 6.45) is 18.8. The van der Waals surface area contributed by atoms with Gasteiger partial charge in [0.1, 0.15) is 0 Å². The van der Waals surface area contributed by atoms with Gasteiger partial charge in [-0.1, -0.05) is 84.1 Å². The van der Waals surface area contributed by atoms with E-state index in [9.17, 15) is 0 Å². The molecular weight excluding hydrogens is 254 g/mol. The lowest BCUT2D eigenvalue weighted by atomic mass is 10.1. The molecule has 0 aromatic rings. The molecule has 0 fully saturated rings. The van der Waals surface area contributed by atoms with Crippen LogP contribution in [0, 0.1) is 0 Å². The minimum absolute atomic E-state index is 0.538. The van der Waals surface area contributed by atoms with E-state index >= 15 is 0 Å². The second-order valence-corrected chi connectivity index (χ2v) is 6.55. The third-order valence-electron chi connectivity index (χ3n) is 4.51. The normalized spacial score (nSPS) is 12.8. The van der Waals surface area contributed by atoms with Gasteiger partial charge < -0.3 is 0 Å². The third kappa shape index (κ3) is 13.1. The molecule has 0 aromatic carbocycles. The quantitative estimate of drug-likeness (QED) is 0.229. The first kappa shape index (κ1) is 20.7. The zero-order chi connectivity index (χ0) is 15.8. The molecule has 0 radical (unpaired) electrons. The molecule has 126 valence electrons. The Morgan fingerprint density at radius 1 is 0.714 bits per heavy atom. The zero-order valence-corrected chi connectivity index (χ0v) is 15.2. The van der Waals surface area contributed by atoms with Gasteiger partial charge in [-0.15, -0.1) is 6.58 Å². The maximum atomic E-state index is 3.98. The van der Waals surface area contributed by atoms with Crippen LogP contribution in [0.2, 0.25) is 0 Å². The highest BCUT2D eigenvalue weighted by Gasteiger charge is 2.09. The van der Waals surface area contributed by atoms with Gasteiger partial charge in [-0.05, 0) is 32.9 Å². The van der Waals surface area contributed by atoms with Crippen LogP contribution in [-0.2, 0) is 0 Å². The van der Waals surface area contributed by atoms with Crippen LogP contribution in [0.15, 0.2) is 12.7 Å². The summed E-state index contributed by atoms with van der Waals surface area (Å²) in [5, 5.41) is 0. The first-order chi connectivity index (χ1) is 10.3. The molecule has 0 rings (SSSR count). The van der Waals surface area contributed by atoms with Gasteiger partial charge in [0.25, 0.3) is 0 Å². The zero-order valence-electron chi connectivity index (χ0n) is 15.2. The van der Waals surface area contributed by atoms with Crippen molar-refractivity contribution in [2.75, 3.05) is 13.1 Å². The Hall–Kier alpha value is -0.300. The fourth-order valence-electron chi connectivity index (χ4n) is 2.86. The SMILES string of the molecule is C=CC(C)N(CCCCCCCC)CCCCCCCC. The van der Waals surface area contributed by atoms with Gasteiger partial charge in [-0.25, -0.2) is 0 Å². The molecule has 0 saturated heterocycles. The Kier molecular flexibility index (Phi) is 15.8. The van der Waals surface area contributed by atoms with E-state index in [0.29, 0.717) is 6.04 Å². The summed E-state index contributed by atoms with van der Waals surface area (Å²) in [6, 6.07) is 0.538. The van der Waals surface area contributed by atoms with Gasteiger partial charge in [0.05, 0.1) is 0 Å². The Morgan fingerprint density at radius 3 is 1.48 bits per heavy atom. The monoisotopic (exact) mass is 295 g/mol. The van der Waals surface area contributed by atoms with Crippen molar-refractivity contribution in [2.24, 2.45) is 0 Å². The van der Waals surface area contributed by atoms with E-state index in [2.05, 4.69) is 38.3 Å². The summed E-state index contributed by atoms with van der Waals surface area (Å²) < 4.78 is 0. The lowest BCUT2D eigenvalue weighted by Crippen LogP contribution is -2.33. The lowest BCUT2D eigenvalue weighted by Gasteiger charge is -2.27. The maximum Gasteiger partial charge on any atom is 0.0247 e. The molecular formula is C20H41N. The Labute approximate surface area is 135 Å². The Morgan fingerprint density at radius 2 is 1.10 bits per heavy atom. The molecule has 0 aromatic heterocycles. The van der Waals surface area contributed by atoms with E-state index in [1.807, 2.05) is 0 Å². The van der Waals surface area contributed by atoms with Crippen molar-refractivity contribution in [1.82, 2.24) is 4.90 Å². The number of unbranched alkanes of at least 4 members (excludes halogenated alkanes) is 10. The highest BCUT2D eigenvalue weighted by molar-refractivity contribution is 4.84. The van der Waals surface area contributed by atoms with Crippen LogP contribution in [0.4, 0.5) is 0 Å². The molecule has 0 N–H and O–H groups in total. The molecule has 0 bridgehead atoms. The molecule has 1 unspecified atom stereocenters. The van der Waals surface area contributed by atoms with E-state index in [-0.39, 0.29) is 0 Å². The van der Waals surface area contributed by atoms with Crippen LogP contribution in [0.5, 0.6) is 0 Å². The van der Waals surface area contributed by atoms with Crippen molar-refractivity contribution in [3.05, 3.63) is 12.7 Å². The third-order valence-corrected chi connectivity index (χ3v) is 4.51. The second kappa shape index (κ2) is 16.1. The molecule has 1 nitrogen and oxygen atoms in total. The van der Waals surface area contributed by atoms with Gasteiger partial charge in [0.15, 0.2) is 0 Å². The van der Waals surface area contributed by atoms with Crippen LogP contribution in [0.25, 0.3) is 0 Å². The predicted molar refractivity (Wildman–Crippen MR) is 98.0 cm³/mol. The van der Waals surface area contributed by atoms with Crippen LogP contribution < -0.4 is 0 Å². The van der Waals surface area contributed by atoms with Crippen molar-refractivity contribution in [3.8, 4) is 0 Å². The molecule has 0 aliphatic carbocycles. The summed E-state index contributed by atoms with van der Waals surface area (Å²) in [5.74, 6) is 0. The van der Waals surface area contributed by atoms with Crippen molar-refractivity contribution < 1.29 is 0 Å². The topological polar surface area (TPSA) is 3.24 Å². The van der Waals surface area contributed by atoms with Gasteiger partial charge in [0, 0.05) is 6.04 Å². The summed E-state index contributed by atoms with van der Waals surface area (Å²) in [5.41, 5.74) is 0. The lowest BCUT2D eigenvalue weighted by molar-refractivity contribution is 0.230. The molecule has 1 heteroatoms. The molecule has 0 saturated carbocycles. The maximum absolute atomic E-state index is 3.98. The average Bonchev–Trinajstić information content (AvgIpc) is 2.51. The molecule has 0 heterocycles. The van der Waals surface area contributed by atoms with Gasteiger partial charge in [0.2, 0.25) is 0 Å². The second-order valence-electron chi connectivity index (χ2n) is 6.55. The van der Waals surface area contributed by atoms with Crippen molar-refractivity contribution in [3.63, 3.8) is 0 Å².